The lowest BCUT2D eigenvalue weighted by Gasteiger charge is -2.12. The van der Waals surface area contributed by atoms with Crippen LogP contribution in [0.1, 0.15) is 31.2 Å². The van der Waals surface area contributed by atoms with E-state index in [2.05, 4.69) is 17.1 Å². The number of rotatable bonds is 5. The normalized spacial score (nSPS) is 14.9. The number of hydrogen-bond acceptors (Lipinski definition) is 8. The Kier molecular flexibility index (Phi) is 4.94. The summed E-state index contributed by atoms with van der Waals surface area (Å²) in [6.45, 7) is 5.28. The Morgan fingerprint density at radius 2 is 2.19 bits per heavy atom. The standard InChI is InChI=1S/C18H18N4O2S2/c1-3-8-24-22-13-6-9-23-18-14(13)21-17(26-18)15-11(2)20-16(25-15)12-5-4-7-19-10-12/h4-5,7,10H,3,6,8-9H2,1-2H3. The van der Waals surface area contributed by atoms with Crippen molar-refractivity contribution in [2.45, 2.75) is 26.7 Å². The fourth-order valence-electron chi connectivity index (χ4n) is 2.55. The molecule has 0 spiro atoms. The van der Waals surface area contributed by atoms with Gasteiger partial charge in [-0.05, 0) is 25.5 Å². The largest absolute Gasteiger partial charge is 0.482 e. The molecule has 0 aromatic carbocycles. The first kappa shape index (κ1) is 17.1. The zero-order chi connectivity index (χ0) is 17.9. The van der Waals surface area contributed by atoms with E-state index in [0.717, 1.165) is 49.0 Å². The van der Waals surface area contributed by atoms with Crippen LogP contribution in [-0.4, -0.2) is 33.9 Å². The first-order chi connectivity index (χ1) is 12.8. The molecule has 0 saturated heterocycles. The Labute approximate surface area is 159 Å². The Hall–Kier alpha value is -2.32. The monoisotopic (exact) mass is 386 g/mol. The molecule has 8 heteroatoms. The summed E-state index contributed by atoms with van der Waals surface area (Å²) >= 11 is 3.16. The van der Waals surface area contributed by atoms with Gasteiger partial charge < -0.3 is 9.57 Å². The van der Waals surface area contributed by atoms with Gasteiger partial charge in [0.05, 0.1) is 17.2 Å². The Bertz CT molecular complexity index is 934. The lowest BCUT2D eigenvalue weighted by Crippen LogP contribution is -2.16. The molecular formula is C18H18N4O2S2. The van der Waals surface area contributed by atoms with Crippen LogP contribution in [0.15, 0.2) is 29.7 Å². The number of hydrogen-bond donors (Lipinski definition) is 0. The number of thiazole rings is 2. The van der Waals surface area contributed by atoms with E-state index in [1.165, 1.54) is 11.3 Å². The highest BCUT2D eigenvalue weighted by Crippen LogP contribution is 2.42. The first-order valence-corrected chi connectivity index (χ1v) is 10.1. The van der Waals surface area contributed by atoms with Gasteiger partial charge in [0.15, 0.2) is 0 Å². The van der Waals surface area contributed by atoms with Crippen molar-refractivity contribution in [3.8, 4) is 25.5 Å². The topological polar surface area (TPSA) is 69.5 Å². The lowest BCUT2D eigenvalue weighted by atomic mass is 10.2. The second kappa shape index (κ2) is 7.51. The zero-order valence-electron chi connectivity index (χ0n) is 14.6. The third-order valence-corrected chi connectivity index (χ3v) is 6.14. The summed E-state index contributed by atoms with van der Waals surface area (Å²) in [5.41, 5.74) is 3.63. The number of nitrogens with zero attached hydrogens (tertiary/aromatic N) is 4. The molecule has 134 valence electrons. The molecular weight excluding hydrogens is 368 g/mol. The molecule has 0 amide bonds. The molecule has 3 aromatic heterocycles. The lowest BCUT2D eigenvalue weighted by molar-refractivity contribution is 0.143. The van der Waals surface area contributed by atoms with Gasteiger partial charge in [-0.3, -0.25) is 4.98 Å². The van der Waals surface area contributed by atoms with Crippen molar-refractivity contribution in [3.05, 3.63) is 35.9 Å². The van der Waals surface area contributed by atoms with Crippen LogP contribution in [-0.2, 0) is 4.84 Å². The highest BCUT2D eigenvalue weighted by atomic mass is 32.1. The van der Waals surface area contributed by atoms with Crippen LogP contribution in [0.2, 0.25) is 0 Å². The van der Waals surface area contributed by atoms with Crippen molar-refractivity contribution in [3.63, 3.8) is 0 Å². The summed E-state index contributed by atoms with van der Waals surface area (Å²) in [6, 6.07) is 3.93. The van der Waals surface area contributed by atoms with Crippen LogP contribution < -0.4 is 4.74 Å². The van der Waals surface area contributed by atoms with E-state index in [0.29, 0.717) is 19.6 Å². The average Bonchev–Trinajstić information content (AvgIpc) is 3.26. The summed E-state index contributed by atoms with van der Waals surface area (Å²) in [5.74, 6) is 0. The summed E-state index contributed by atoms with van der Waals surface area (Å²) in [5, 5.41) is 6.92. The van der Waals surface area contributed by atoms with Gasteiger partial charge >= 0.3 is 0 Å². The highest BCUT2D eigenvalue weighted by Gasteiger charge is 2.25. The van der Waals surface area contributed by atoms with Crippen LogP contribution in [0.3, 0.4) is 0 Å². The molecule has 1 aliphatic rings. The minimum Gasteiger partial charge on any atom is -0.482 e. The molecule has 0 unspecified atom stereocenters. The predicted molar refractivity (Wildman–Crippen MR) is 104 cm³/mol. The Morgan fingerprint density at radius 1 is 1.27 bits per heavy atom. The summed E-state index contributed by atoms with van der Waals surface area (Å²) < 4.78 is 5.79. The molecule has 6 nitrogen and oxygen atoms in total. The number of aryl methyl sites for hydroxylation is 1. The van der Waals surface area contributed by atoms with E-state index in [1.54, 1.807) is 17.5 Å². The number of pyridine rings is 1. The first-order valence-electron chi connectivity index (χ1n) is 8.47. The van der Waals surface area contributed by atoms with Gasteiger partial charge in [0.2, 0.25) is 5.06 Å². The van der Waals surface area contributed by atoms with Crippen molar-refractivity contribution in [2.24, 2.45) is 5.16 Å². The minimum atomic E-state index is 0.603. The summed E-state index contributed by atoms with van der Waals surface area (Å²) in [4.78, 5) is 20.1. The third kappa shape index (κ3) is 3.34. The van der Waals surface area contributed by atoms with E-state index in [-0.39, 0.29) is 0 Å². The number of aromatic nitrogens is 3. The zero-order valence-corrected chi connectivity index (χ0v) is 16.2. The fourth-order valence-corrected chi connectivity index (χ4v) is 4.70. The third-order valence-electron chi connectivity index (χ3n) is 3.81. The van der Waals surface area contributed by atoms with E-state index in [9.17, 15) is 0 Å². The fraction of sp³-hybridized carbons (Fsp3) is 0.333. The van der Waals surface area contributed by atoms with Crippen molar-refractivity contribution < 1.29 is 9.57 Å². The smallest absolute Gasteiger partial charge is 0.204 e. The SMILES string of the molecule is CCCON=C1CCOc2sc(-c3sc(-c4cccnc4)nc3C)nc21. The van der Waals surface area contributed by atoms with Crippen molar-refractivity contribution in [1.29, 1.82) is 0 Å². The average molecular weight is 387 g/mol. The number of ether oxygens (including phenoxy) is 1. The summed E-state index contributed by atoms with van der Waals surface area (Å²) in [7, 11) is 0. The molecule has 0 aliphatic carbocycles. The molecule has 0 bridgehead atoms. The van der Waals surface area contributed by atoms with Crippen LogP contribution in [0, 0.1) is 6.92 Å². The Balaban J connectivity index is 1.68. The van der Waals surface area contributed by atoms with Crippen LogP contribution in [0.5, 0.6) is 5.06 Å². The summed E-state index contributed by atoms with van der Waals surface area (Å²) in [6.07, 6.45) is 5.23. The molecule has 0 N–H and O–H groups in total. The number of oxime groups is 1. The molecule has 1 aliphatic heterocycles. The van der Waals surface area contributed by atoms with Crippen molar-refractivity contribution >= 4 is 28.4 Å². The molecule has 4 rings (SSSR count). The molecule has 0 atom stereocenters. The molecule has 4 heterocycles. The van der Waals surface area contributed by atoms with Crippen LogP contribution in [0.4, 0.5) is 0 Å². The van der Waals surface area contributed by atoms with E-state index >= 15 is 0 Å². The molecule has 26 heavy (non-hydrogen) atoms. The maximum atomic E-state index is 5.79. The van der Waals surface area contributed by atoms with Crippen LogP contribution in [0.25, 0.3) is 20.5 Å². The maximum Gasteiger partial charge on any atom is 0.204 e. The van der Waals surface area contributed by atoms with Crippen molar-refractivity contribution in [1.82, 2.24) is 15.0 Å². The van der Waals surface area contributed by atoms with Crippen molar-refractivity contribution in [2.75, 3.05) is 13.2 Å². The predicted octanol–water partition coefficient (Wildman–Crippen LogP) is 4.55. The molecule has 0 saturated carbocycles. The van der Waals surface area contributed by atoms with Gasteiger partial charge in [0.1, 0.15) is 28.0 Å². The second-order valence-electron chi connectivity index (χ2n) is 5.80. The minimum absolute atomic E-state index is 0.603. The van der Waals surface area contributed by atoms with E-state index < -0.39 is 0 Å². The molecule has 3 aromatic rings. The maximum absolute atomic E-state index is 5.79. The molecule has 0 fully saturated rings. The van der Waals surface area contributed by atoms with Crippen LogP contribution >= 0.6 is 22.7 Å². The van der Waals surface area contributed by atoms with Gasteiger partial charge in [-0.25, -0.2) is 9.97 Å². The number of fused-ring (bicyclic) bond motifs is 1. The molecule has 0 radical (unpaired) electrons. The van der Waals surface area contributed by atoms with Gasteiger partial charge in [0, 0.05) is 24.4 Å². The quantitative estimate of drug-likeness (QED) is 0.475. The Morgan fingerprint density at radius 3 is 3.00 bits per heavy atom. The van der Waals surface area contributed by atoms with Gasteiger partial charge in [0.25, 0.3) is 0 Å². The van der Waals surface area contributed by atoms with E-state index in [4.69, 9.17) is 19.5 Å². The van der Waals surface area contributed by atoms with E-state index in [1.807, 2.05) is 25.3 Å². The second-order valence-corrected chi connectivity index (χ2v) is 7.76. The van der Waals surface area contributed by atoms with Gasteiger partial charge in [-0.15, -0.1) is 11.3 Å². The van der Waals surface area contributed by atoms with Gasteiger partial charge in [-0.2, -0.15) is 0 Å². The highest BCUT2D eigenvalue weighted by molar-refractivity contribution is 7.24. The van der Waals surface area contributed by atoms with Gasteiger partial charge in [-0.1, -0.05) is 23.4 Å².